The van der Waals surface area contributed by atoms with E-state index in [1.807, 2.05) is 37.5 Å². The summed E-state index contributed by atoms with van der Waals surface area (Å²) in [6, 6.07) is 7.75. The van der Waals surface area contributed by atoms with Crippen molar-refractivity contribution in [3.05, 3.63) is 46.7 Å². The molecule has 0 saturated carbocycles. The molecule has 4 heteroatoms. The first-order chi connectivity index (χ1) is 7.16. The van der Waals surface area contributed by atoms with Crippen LogP contribution in [-0.4, -0.2) is 9.55 Å². The summed E-state index contributed by atoms with van der Waals surface area (Å²) < 4.78 is 1.80. The number of anilines is 1. The van der Waals surface area contributed by atoms with Gasteiger partial charge in [0.2, 0.25) is 0 Å². The van der Waals surface area contributed by atoms with E-state index in [1.165, 1.54) is 0 Å². The van der Waals surface area contributed by atoms with Gasteiger partial charge in [0.15, 0.2) is 5.95 Å². The van der Waals surface area contributed by atoms with Crippen molar-refractivity contribution in [1.29, 1.82) is 0 Å². The van der Waals surface area contributed by atoms with Crippen LogP contribution < -0.4 is 5.73 Å². The van der Waals surface area contributed by atoms with Crippen LogP contribution in [0.15, 0.2) is 30.5 Å². The number of nitrogens with zero attached hydrogens (tertiary/aromatic N) is 2. The molecule has 2 rings (SSSR count). The second kappa shape index (κ2) is 3.95. The highest BCUT2D eigenvalue weighted by Gasteiger charge is 2.05. The summed E-state index contributed by atoms with van der Waals surface area (Å²) in [6.45, 7) is 0. The molecule has 2 aromatic rings. The average molecular weight is 222 g/mol. The zero-order chi connectivity index (χ0) is 10.8. The quantitative estimate of drug-likeness (QED) is 0.846. The van der Waals surface area contributed by atoms with Gasteiger partial charge in [-0.3, -0.25) is 0 Å². The molecule has 0 saturated heterocycles. The second-order valence-corrected chi connectivity index (χ2v) is 3.88. The van der Waals surface area contributed by atoms with Crippen LogP contribution in [0.2, 0.25) is 5.02 Å². The summed E-state index contributed by atoms with van der Waals surface area (Å²) >= 11 is 6.05. The standard InChI is InChI=1S/C11H12ClN3/c1-15-7-9(14-11(15)13)6-8-4-2-3-5-10(8)12/h2-5,7H,6H2,1H3,(H2,13,14). The Morgan fingerprint density at radius 2 is 2.13 bits per heavy atom. The molecular weight excluding hydrogens is 210 g/mol. The number of aryl methyl sites for hydroxylation is 1. The molecule has 1 heterocycles. The van der Waals surface area contributed by atoms with Crippen molar-refractivity contribution < 1.29 is 0 Å². The molecule has 15 heavy (non-hydrogen) atoms. The predicted molar refractivity (Wildman–Crippen MR) is 61.9 cm³/mol. The molecule has 3 nitrogen and oxygen atoms in total. The lowest BCUT2D eigenvalue weighted by Crippen LogP contribution is -1.94. The molecule has 2 N–H and O–H groups in total. The number of nitrogens with two attached hydrogens (primary N) is 1. The summed E-state index contributed by atoms with van der Waals surface area (Å²) in [6.07, 6.45) is 2.63. The van der Waals surface area contributed by atoms with Crippen molar-refractivity contribution in [3.63, 3.8) is 0 Å². The van der Waals surface area contributed by atoms with Crippen molar-refractivity contribution in [2.75, 3.05) is 5.73 Å². The van der Waals surface area contributed by atoms with Crippen LogP contribution in [0, 0.1) is 0 Å². The smallest absolute Gasteiger partial charge is 0.200 e. The van der Waals surface area contributed by atoms with Crippen molar-refractivity contribution in [2.24, 2.45) is 7.05 Å². The lowest BCUT2D eigenvalue weighted by Gasteiger charge is -2.00. The summed E-state index contributed by atoms with van der Waals surface area (Å²) in [5.41, 5.74) is 7.65. The molecule has 0 fully saturated rings. The third-order valence-corrected chi connectivity index (χ3v) is 2.66. The predicted octanol–water partition coefficient (Wildman–Crippen LogP) is 2.25. The lowest BCUT2D eigenvalue weighted by molar-refractivity contribution is 0.928. The Morgan fingerprint density at radius 3 is 2.73 bits per heavy atom. The summed E-state index contributed by atoms with van der Waals surface area (Å²) in [5, 5.41) is 0.765. The number of hydrogen-bond donors (Lipinski definition) is 1. The number of imidazole rings is 1. The number of rotatable bonds is 2. The number of hydrogen-bond acceptors (Lipinski definition) is 2. The highest BCUT2D eigenvalue weighted by atomic mass is 35.5. The van der Waals surface area contributed by atoms with E-state index in [2.05, 4.69) is 4.98 Å². The zero-order valence-electron chi connectivity index (χ0n) is 8.44. The topological polar surface area (TPSA) is 43.8 Å². The number of benzene rings is 1. The van der Waals surface area contributed by atoms with Crippen molar-refractivity contribution in [2.45, 2.75) is 6.42 Å². The summed E-state index contributed by atoms with van der Waals surface area (Å²) in [7, 11) is 1.87. The monoisotopic (exact) mass is 221 g/mol. The molecule has 0 aliphatic heterocycles. The van der Waals surface area contributed by atoms with Crippen LogP contribution >= 0.6 is 11.6 Å². The van der Waals surface area contributed by atoms with Crippen LogP contribution in [-0.2, 0) is 13.5 Å². The van der Waals surface area contributed by atoms with E-state index >= 15 is 0 Å². The molecule has 0 amide bonds. The maximum absolute atomic E-state index is 6.05. The Balaban J connectivity index is 2.26. The maximum Gasteiger partial charge on any atom is 0.200 e. The summed E-state index contributed by atoms with van der Waals surface area (Å²) in [5.74, 6) is 0.525. The minimum absolute atomic E-state index is 0.525. The molecule has 0 aliphatic rings. The van der Waals surface area contributed by atoms with E-state index in [0.717, 1.165) is 16.3 Å². The average Bonchev–Trinajstić information content (AvgIpc) is 2.50. The van der Waals surface area contributed by atoms with Crippen molar-refractivity contribution >= 4 is 17.5 Å². The summed E-state index contributed by atoms with van der Waals surface area (Å²) in [4.78, 5) is 4.23. The second-order valence-electron chi connectivity index (χ2n) is 3.47. The van der Waals surface area contributed by atoms with E-state index in [0.29, 0.717) is 12.4 Å². The van der Waals surface area contributed by atoms with Crippen LogP contribution in [0.5, 0.6) is 0 Å². The van der Waals surface area contributed by atoms with Crippen LogP contribution in [0.25, 0.3) is 0 Å². The minimum Gasteiger partial charge on any atom is -0.369 e. The van der Waals surface area contributed by atoms with Crippen molar-refractivity contribution in [3.8, 4) is 0 Å². The number of halogens is 1. The van der Waals surface area contributed by atoms with Gasteiger partial charge in [0.1, 0.15) is 0 Å². The Morgan fingerprint density at radius 1 is 1.40 bits per heavy atom. The van der Waals surface area contributed by atoms with Gasteiger partial charge in [-0.05, 0) is 11.6 Å². The van der Waals surface area contributed by atoms with Gasteiger partial charge in [-0.15, -0.1) is 0 Å². The van der Waals surface area contributed by atoms with E-state index in [-0.39, 0.29) is 0 Å². The highest BCUT2D eigenvalue weighted by molar-refractivity contribution is 6.31. The zero-order valence-corrected chi connectivity index (χ0v) is 9.20. The minimum atomic E-state index is 0.525. The van der Waals surface area contributed by atoms with Gasteiger partial charge in [0, 0.05) is 24.7 Å². The Hall–Kier alpha value is -1.48. The fraction of sp³-hybridized carbons (Fsp3) is 0.182. The van der Waals surface area contributed by atoms with Crippen LogP contribution in [0.1, 0.15) is 11.3 Å². The molecule has 0 spiro atoms. The lowest BCUT2D eigenvalue weighted by atomic mass is 10.1. The first-order valence-electron chi connectivity index (χ1n) is 4.68. The van der Waals surface area contributed by atoms with Crippen LogP contribution in [0.4, 0.5) is 5.95 Å². The largest absolute Gasteiger partial charge is 0.369 e. The molecule has 0 radical (unpaired) electrons. The molecular formula is C11H12ClN3. The van der Waals surface area contributed by atoms with Gasteiger partial charge in [0.25, 0.3) is 0 Å². The molecule has 78 valence electrons. The van der Waals surface area contributed by atoms with E-state index in [1.54, 1.807) is 4.57 Å². The van der Waals surface area contributed by atoms with Gasteiger partial charge in [-0.25, -0.2) is 4.98 Å². The number of aromatic nitrogens is 2. The highest BCUT2D eigenvalue weighted by Crippen LogP contribution is 2.18. The van der Waals surface area contributed by atoms with E-state index in [4.69, 9.17) is 17.3 Å². The third-order valence-electron chi connectivity index (χ3n) is 2.29. The van der Waals surface area contributed by atoms with Gasteiger partial charge < -0.3 is 10.3 Å². The first kappa shape index (κ1) is 10.1. The van der Waals surface area contributed by atoms with Gasteiger partial charge in [0.05, 0.1) is 5.69 Å². The SMILES string of the molecule is Cn1cc(Cc2ccccc2Cl)nc1N. The molecule has 0 atom stereocenters. The Bertz CT molecular complexity index is 457. The van der Waals surface area contributed by atoms with Gasteiger partial charge >= 0.3 is 0 Å². The van der Waals surface area contributed by atoms with Gasteiger partial charge in [-0.1, -0.05) is 29.8 Å². The Labute approximate surface area is 93.5 Å². The maximum atomic E-state index is 6.05. The Kier molecular flexibility index (Phi) is 2.64. The van der Waals surface area contributed by atoms with Crippen LogP contribution in [0.3, 0.4) is 0 Å². The number of nitrogen functional groups attached to an aromatic ring is 1. The molecule has 0 unspecified atom stereocenters. The molecule has 0 bridgehead atoms. The van der Waals surface area contributed by atoms with E-state index in [9.17, 15) is 0 Å². The van der Waals surface area contributed by atoms with Crippen molar-refractivity contribution in [1.82, 2.24) is 9.55 Å². The van der Waals surface area contributed by atoms with Gasteiger partial charge in [-0.2, -0.15) is 0 Å². The molecule has 1 aromatic heterocycles. The molecule has 0 aliphatic carbocycles. The third kappa shape index (κ3) is 2.13. The fourth-order valence-corrected chi connectivity index (χ4v) is 1.67. The molecule has 1 aromatic carbocycles. The first-order valence-corrected chi connectivity index (χ1v) is 5.05. The normalized spacial score (nSPS) is 10.5. The fourth-order valence-electron chi connectivity index (χ4n) is 1.47. The van der Waals surface area contributed by atoms with E-state index < -0.39 is 0 Å².